The van der Waals surface area contributed by atoms with Crippen molar-refractivity contribution in [2.45, 2.75) is 52.5 Å². The van der Waals surface area contributed by atoms with E-state index >= 15 is 0 Å². The molecule has 0 bridgehead atoms. The molecule has 0 aromatic heterocycles. The first-order valence-electron chi connectivity index (χ1n) is 8.95. The molecule has 0 saturated carbocycles. The van der Waals surface area contributed by atoms with Gasteiger partial charge in [-0.15, -0.1) is 0 Å². The van der Waals surface area contributed by atoms with Gasteiger partial charge in [0.1, 0.15) is 0 Å². The van der Waals surface area contributed by atoms with E-state index in [1.165, 1.54) is 16.2 Å². The lowest BCUT2D eigenvalue weighted by Crippen LogP contribution is -2.48. The summed E-state index contributed by atoms with van der Waals surface area (Å²) in [4.78, 5) is 28.4. The minimum Gasteiger partial charge on any atom is -0.366 e. The van der Waals surface area contributed by atoms with Crippen molar-refractivity contribution in [1.29, 1.82) is 0 Å². The number of imide groups is 1. The fourth-order valence-electron chi connectivity index (χ4n) is 4.12. The van der Waals surface area contributed by atoms with Gasteiger partial charge in [-0.2, -0.15) is 0 Å². The number of fused-ring (bicyclic) bond motifs is 1. The summed E-state index contributed by atoms with van der Waals surface area (Å²) in [5.74, 6) is 0.284. The average molecular weight is 359 g/mol. The third kappa shape index (κ3) is 3.10. The smallest absolute Gasteiger partial charge is 0.293 e. The van der Waals surface area contributed by atoms with Crippen LogP contribution in [0.25, 0.3) is 6.08 Å². The number of carbonyl (C=O) groups excluding carboxylic acids is 2. The molecule has 2 aliphatic rings. The van der Waals surface area contributed by atoms with Crippen LogP contribution in [-0.4, -0.2) is 34.7 Å². The second-order valence-electron chi connectivity index (χ2n) is 7.41. The number of amides is 2. The number of benzene rings is 1. The summed E-state index contributed by atoms with van der Waals surface area (Å²) in [5, 5.41) is -0.177. The monoisotopic (exact) mass is 358 g/mol. The van der Waals surface area contributed by atoms with E-state index in [4.69, 9.17) is 0 Å². The fourth-order valence-corrected chi connectivity index (χ4v) is 5.02. The van der Waals surface area contributed by atoms with Crippen LogP contribution in [-0.2, 0) is 4.79 Å². The van der Waals surface area contributed by atoms with Crippen molar-refractivity contribution in [3.8, 4) is 0 Å². The summed E-state index contributed by atoms with van der Waals surface area (Å²) in [6.45, 7) is 12.3. The SMILES string of the molecule is CCN1C(=O)S/C(=C\c2ccc3c(c2)C(C)CC(C)(C)N3CC)C1=O. The number of anilines is 1. The van der Waals surface area contributed by atoms with Crippen LogP contribution >= 0.6 is 11.8 Å². The zero-order valence-corrected chi connectivity index (χ0v) is 16.4. The van der Waals surface area contributed by atoms with Gasteiger partial charge in [0, 0.05) is 24.3 Å². The van der Waals surface area contributed by atoms with Crippen LogP contribution in [0.4, 0.5) is 10.5 Å². The number of nitrogens with zero attached hydrogens (tertiary/aromatic N) is 2. The molecule has 1 atom stereocenters. The molecule has 0 N–H and O–H groups in total. The van der Waals surface area contributed by atoms with E-state index in [-0.39, 0.29) is 16.7 Å². The maximum atomic E-state index is 12.3. The van der Waals surface area contributed by atoms with Crippen molar-refractivity contribution in [2.24, 2.45) is 0 Å². The molecule has 25 heavy (non-hydrogen) atoms. The molecule has 1 saturated heterocycles. The second-order valence-corrected chi connectivity index (χ2v) is 8.40. The Morgan fingerprint density at radius 1 is 1.24 bits per heavy atom. The van der Waals surface area contributed by atoms with Gasteiger partial charge in [-0.25, -0.2) is 0 Å². The summed E-state index contributed by atoms with van der Waals surface area (Å²) in [6.07, 6.45) is 2.95. The van der Waals surface area contributed by atoms with Gasteiger partial charge >= 0.3 is 0 Å². The summed E-state index contributed by atoms with van der Waals surface area (Å²) in [6, 6.07) is 6.39. The zero-order chi connectivity index (χ0) is 18.4. The molecule has 134 valence electrons. The highest BCUT2D eigenvalue weighted by molar-refractivity contribution is 8.18. The van der Waals surface area contributed by atoms with E-state index in [0.29, 0.717) is 17.4 Å². The highest BCUT2D eigenvalue weighted by Crippen LogP contribution is 2.44. The average Bonchev–Trinajstić information content (AvgIpc) is 2.81. The van der Waals surface area contributed by atoms with Crippen LogP contribution in [0.2, 0.25) is 0 Å². The first kappa shape index (κ1) is 18.1. The van der Waals surface area contributed by atoms with E-state index < -0.39 is 0 Å². The number of rotatable bonds is 3. The fraction of sp³-hybridized carbons (Fsp3) is 0.500. The Morgan fingerprint density at radius 2 is 1.96 bits per heavy atom. The van der Waals surface area contributed by atoms with E-state index in [2.05, 4.69) is 50.8 Å². The third-order valence-electron chi connectivity index (χ3n) is 5.21. The Bertz CT molecular complexity index is 754. The molecule has 1 aromatic rings. The summed E-state index contributed by atoms with van der Waals surface area (Å²) >= 11 is 1.03. The number of hydrogen-bond acceptors (Lipinski definition) is 4. The predicted molar refractivity (Wildman–Crippen MR) is 105 cm³/mol. The maximum Gasteiger partial charge on any atom is 0.293 e. The normalized spacial score (nSPS) is 24.2. The molecular weight excluding hydrogens is 332 g/mol. The van der Waals surface area contributed by atoms with Crippen molar-refractivity contribution in [3.63, 3.8) is 0 Å². The van der Waals surface area contributed by atoms with Crippen molar-refractivity contribution in [1.82, 2.24) is 4.90 Å². The Balaban J connectivity index is 1.97. The number of thioether (sulfide) groups is 1. The summed E-state index contributed by atoms with van der Waals surface area (Å²) < 4.78 is 0. The molecule has 0 spiro atoms. The van der Waals surface area contributed by atoms with Gasteiger partial charge in [-0.1, -0.05) is 13.0 Å². The van der Waals surface area contributed by atoms with E-state index in [9.17, 15) is 9.59 Å². The van der Waals surface area contributed by atoms with Crippen molar-refractivity contribution < 1.29 is 9.59 Å². The molecule has 1 aromatic carbocycles. The minimum atomic E-state index is -0.181. The highest BCUT2D eigenvalue weighted by Gasteiger charge is 2.36. The quantitative estimate of drug-likeness (QED) is 0.724. The van der Waals surface area contributed by atoms with Gasteiger partial charge in [0.15, 0.2) is 0 Å². The van der Waals surface area contributed by atoms with Crippen LogP contribution in [0, 0.1) is 0 Å². The molecule has 1 unspecified atom stereocenters. The molecule has 5 heteroatoms. The molecule has 1 fully saturated rings. The highest BCUT2D eigenvalue weighted by atomic mass is 32.2. The largest absolute Gasteiger partial charge is 0.366 e. The van der Waals surface area contributed by atoms with Gasteiger partial charge in [0.25, 0.3) is 11.1 Å². The molecular formula is C20H26N2O2S. The number of carbonyl (C=O) groups is 2. The summed E-state index contributed by atoms with van der Waals surface area (Å²) in [5.41, 5.74) is 3.74. The topological polar surface area (TPSA) is 40.6 Å². The van der Waals surface area contributed by atoms with E-state index in [1.807, 2.05) is 13.0 Å². The molecule has 4 nitrogen and oxygen atoms in total. The molecule has 3 rings (SSSR count). The van der Waals surface area contributed by atoms with E-state index in [1.54, 1.807) is 0 Å². The first-order valence-corrected chi connectivity index (χ1v) is 9.77. The molecule has 0 radical (unpaired) electrons. The van der Waals surface area contributed by atoms with Crippen LogP contribution in [0.5, 0.6) is 0 Å². The van der Waals surface area contributed by atoms with Crippen LogP contribution in [0.15, 0.2) is 23.1 Å². The van der Waals surface area contributed by atoms with Gasteiger partial charge < -0.3 is 4.90 Å². The van der Waals surface area contributed by atoms with Gasteiger partial charge in [-0.05, 0) is 81.1 Å². The Hall–Kier alpha value is -1.75. The van der Waals surface area contributed by atoms with Crippen LogP contribution in [0.1, 0.15) is 58.1 Å². The van der Waals surface area contributed by atoms with Gasteiger partial charge in [0.2, 0.25) is 0 Å². The predicted octanol–water partition coefficient (Wildman–Crippen LogP) is 4.85. The number of likely N-dealkylation sites (N-methyl/N-ethyl adjacent to an activating group) is 1. The van der Waals surface area contributed by atoms with Crippen molar-refractivity contribution in [3.05, 3.63) is 34.2 Å². The third-order valence-corrected chi connectivity index (χ3v) is 6.12. The standard InChI is InChI=1S/C20H26N2O2S/c1-6-21-18(23)17(25-19(21)24)11-14-8-9-16-15(10-14)13(3)12-20(4,5)22(16)7-2/h8-11,13H,6-7,12H2,1-5H3/b17-11-. The number of hydrogen-bond donors (Lipinski definition) is 0. The van der Waals surface area contributed by atoms with Gasteiger partial charge in [0.05, 0.1) is 4.91 Å². The Labute approximate surface area is 154 Å². The van der Waals surface area contributed by atoms with Crippen molar-refractivity contribution in [2.75, 3.05) is 18.0 Å². The zero-order valence-electron chi connectivity index (χ0n) is 15.6. The Morgan fingerprint density at radius 3 is 2.56 bits per heavy atom. The first-order chi connectivity index (χ1) is 11.8. The van der Waals surface area contributed by atoms with Crippen LogP contribution < -0.4 is 4.90 Å². The lowest BCUT2D eigenvalue weighted by Gasteiger charge is -2.47. The second kappa shape index (κ2) is 6.52. The molecule has 2 heterocycles. The molecule has 0 aliphatic carbocycles. The Kier molecular flexibility index (Phi) is 4.71. The molecule has 2 amide bonds. The van der Waals surface area contributed by atoms with Gasteiger partial charge in [-0.3, -0.25) is 14.5 Å². The lowest BCUT2D eigenvalue weighted by molar-refractivity contribution is -0.122. The lowest BCUT2D eigenvalue weighted by atomic mass is 9.79. The van der Waals surface area contributed by atoms with Crippen molar-refractivity contribution >= 4 is 34.7 Å². The van der Waals surface area contributed by atoms with Crippen LogP contribution in [0.3, 0.4) is 0 Å². The maximum absolute atomic E-state index is 12.3. The minimum absolute atomic E-state index is 0.145. The molecule has 2 aliphatic heterocycles. The summed E-state index contributed by atoms with van der Waals surface area (Å²) in [7, 11) is 0. The van der Waals surface area contributed by atoms with E-state index in [0.717, 1.165) is 30.3 Å².